The van der Waals surface area contributed by atoms with Crippen molar-refractivity contribution in [2.45, 2.75) is 6.54 Å². The highest BCUT2D eigenvalue weighted by molar-refractivity contribution is 6.10. The molecule has 1 amide bonds. The molecule has 0 saturated carbocycles. The second-order valence-corrected chi connectivity index (χ2v) is 5.20. The lowest BCUT2D eigenvalue weighted by molar-refractivity contribution is 0.102. The highest BCUT2D eigenvalue weighted by atomic mass is 16.2. The number of carbonyl (C=O) groups is 1. The van der Waals surface area contributed by atoms with Crippen LogP contribution in [0.1, 0.15) is 16.1 Å². The zero-order chi connectivity index (χ0) is 16.4. The van der Waals surface area contributed by atoms with Gasteiger partial charge in [-0.05, 0) is 17.7 Å². The van der Waals surface area contributed by atoms with Gasteiger partial charge in [0.2, 0.25) is 5.95 Å². The number of pyridine rings is 1. The highest BCUT2D eigenvalue weighted by Crippen LogP contribution is 2.15. The minimum absolute atomic E-state index is 0.232. The van der Waals surface area contributed by atoms with Crippen molar-refractivity contribution in [1.29, 1.82) is 0 Å². The van der Waals surface area contributed by atoms with Crippen LogP contribution in [0.25, 0.3) is 10.9 Å². The number of amides is 1. The Balaban J connectivity index is 1.50. The summed E-state index contributed by atoms with van der Waals surface area (Å²) >= 11 is 0. The highest BCUT2D eigenvalue weighted by Gasteiger charge is 2.15. The molecule has 0 aliphatic carbocycles. The van der Waals surface area contributed by atoms with Gasteiger partial charge in [0, 0.05) is 17.8 Å². The average molecular weight is 319 g/mol. The van der Waals surface area contributed by atoms with Crippen LogP contribution in [-0.2, 0) is 6.54 Å². The normalized spacial score (nSPS) is 10.8. The predicted octanol–water partition coefficient (Wildman–Crippen LogP) is 1.85. The number of anilines is 1. The number of nitrogens with one attached hydrogen (secondary N) is 2. The first-order chi connectivity index (χ1) is 11.8. The molecule has 3 heterocycles. The summed E-state index contributed by atoms with van der Waals surface area (Å²) in [5.74, 6) is -0.123. The Labute approximate surface area is 136 Å². The Hall–Kier alpha value is -3.55. The van der Waals surface area contributed by atoms with E-state index in [-0.39, 0.29) is 11.9 Å². The van der Waals surface area contributed by atoms with Crippen molar-refractivity contribution in [3.05, 3.63) is 66.4 Å². The van der Waals surface area contributed by atoms with E-state index in [9.17, 15) is 4.79 Å². The molecule has 4 rings (SSSR count). The van der Waals surface area contributed by atoms with Gasteiger partial charge in [0.05, 0.1) is 12.1 Å². The third kappa shape index (κ3) is 2.72. The van der Waals surface area contributed by atoms with Gasteiger partial charge in [-0.3, -0.25) is 20.2 Å². The quantitative estimate of drug-likeness (QED) is 0.598. The maximum atomic E-state index is 12.4. The molecule has 0 aliphatic heterocycles. The zero-order valence-electron chi connectivity index (χ0n) is 12.5. The summed E-state index contributed by atoms with van der Waals surface area (Å²) in [5.41, 5.74) is 2.12. The van der Waals surface area contributed by atoms with E-state index in [1.807, 2.05) is 36.4 Å². The molecule has 0 radical (unpaired) electrons. The second-order valence-electron chi connectivity index (χ2n) is 5.20. The fourth-order valence-corrected chi connectivity index (χ4v) is 2.40. The molecule has 8 nitrogen and oxygen atoms in total. The second kappa shape index (κ2) is 5.92. The van der Waals surface area contributed by atoms with Crippen molar-refractivity contribution >= 4 is 22.8 Å². The molecular formula is C16H13N7O. The first-order valence-corrected chi connectivity index (χ1v) is 7.32. The molecule has 4 aromatic rings. The van der Waals surface area contributed by atoms with E-state index in [2.05, 4.69) is 30.6 Å². The monoisotopic (exact) mass is 319 g/mol. The van der Waals surface area contributed by atoms with Gasteiger partial charge in [-0.25, -0.2) is 9.67 Å². The standard InChI is InChI=1S/C16H13N7O/c24-15(14-12-5-1-2-6-13(12)20-21-14)19-16-18-10-23(22-16)9-11-4-3-7-17-8-11/h1-8,10H,9H2,(H,20,21)(H,19,22,24). The summed E-state index contributed by atoms with van der Waals surface area (Å²) < 4.78 is 1.63. The summed E-state index contributed by atoms with van der Waals surface area (Å²) in [7, 11) is 0. The van der Waals surface area contributed by atoms with Gasteiger partial charge in [-0.2, -0.15) is 5.10 Å². The van der Waals surface area contributed by atoms with Crippen LogP contribution in [0.2, 0.25) is 0 Å². The van der Waals surface area contributed by atoms with Gasteiger partial charge in [0.1, 0.15) is 6.33 Å². The molecule has 0 aliphatic rings. The molecule has 0 spiro atoms. The number of fused-ring (bicyclic) bond motifs is 1. The fourth-order valence-electron chi connectivity index (χ4n) is 2.40. The molecular weight excluding hydrogens is 306 g/mol. The van der Waals surface area contributed by atoms with Crippen LogP contribution in [0, 0.1) is 0 Å². The maximum absolute atomic E-state index is 12.4. The lowest BCUT2D eigenvalue weighted by Gasteiger charge is -2.00. The number of hydrogen-bond acceptors (Lipinski definition) is 5. The van der Waals surface area contributed by atoms with Crippen LogP contribution >= 0.6 is 0 Å². The smallest absolute Gasteiger partial charge is 0.279 e. The van der Waals surface area contributed by atoms with Crippen LogP contribution in [0.15, 0.2) is 55.1 Å². The third-order valence-electron chi connectivity index (χ3n) is 3.51. The average Bonchev–Trinajstić information content (AvgIpc) is 3.22. The van der Waals surface area contributed by atoms with Crippen LogP contribution < -0.4 is 5.32 Å². The zero-order valence-corrected chi connectivity index (χ0v) is 12.5. The number of para-hydroxylation sites is 1. The van der Waals surface area contributed by atoms with Crippen LogP contribution in [0.4, 0.5) is 5.95 Å². The van der Waals surface area contributed by atoms with Crippen LogP contribution in [-0.4, -0.2) is 35.9 Å². The topological polar surface area (TPSA) is 101 Å². The van der Waals surface area contributed by atoms with Gasteiger partial charge in [0.25, 0.3) is 5.91 Å². The molecule has 1 aromatic carbocycles. The van der Waals surface area contributed by atoms with E-state index in [4.69, 9.17) is 0 Å². The largest absolute Gasteiger partial charge is 0.288 e. The van der Waals surface area contributed by atoms with Gasteiger partial charge >= 0.3 is 0 Å². The number of hydrogen-bond donors (Lipinski definition) is 2. The molecule has 0 atom stereocenters. The number of nitrogens with zero attached hydrogens (tertiary/aromatic N) is 5. The molecule has 2 N–H and O–H groups in total. The van der Waals surface area contributed by atoms with Gasteiger partial charge in [-0.1, -0.05) is 24.3 Å². The Kier molecular flexibility index (Phi) is 3.47. The molecule has 0 fully saturated rings. The van der Waals surface area contributed by atoms with E-state index in [1.54, 1.807) is 23.4 Å². The number of carbonyl (C=O) groups excluding carboxylic acids is 1. The molecule has 0 saturated heterocycles. The summed E-state index contributed by atoms with van der Waals surface area (Å²) in [4.78, 5) is 20.5. The molecule has 0 bridgehead atoms. The number of H-pyrrole nitrogens is 1. The molecule has 0 unspecified atom stereocenters. The van der Waals surface area contributed by atoms with E-state index < -0.39 is 0 Å². The van der Waals surface area contributed by atoms with Gasteiger partial charge in [-0.15, -0.1) is 5.10 Å². The molecule has 3 aromatic heterocycles. The Morgan fingerprint density at radius 3 is 3.00 bits per heavy atom. The summed E-state index contributed by atoms with van der Waals surface area (Å²) in [6, 6.07) is 11.2. The van der Waals surface area contributed by atoms with Gasteiger partial charge in [0.15, 0.2) is 5.69 Å². The van der Waals surface area contributed by atoms with E-state index in [0.29, 0.717) is 12.2 Å². The molecule has 8 heteroatoms. The molecule has 24 heavy (non-hydrogen) atoms. The van der Waals surface area contributed by atoms with E-state index in [1.165, 1.54) is 0 Å². The van der Waals surface area contributed by atoms with Crippen molar-refractivity contribution in [2.24, 2.45) is 0 Å². The number of aromatic nitrogens is 6. The number of aromatic amines is 1. The number of rotatable bonds is 4. The Bertz CT molecular complexity index is 990. The third-order valence-corrected chi connectivity index (χ3v) is 3.51. The molecule has 118 valence electrons. The SMILES string of the molecule is O=C(Nc1ncn(Cc2cccnc2)n1)c1n[nH]c2ccccc12. The lowest BCUT2D eigenvalue weighted by atomic mass is 10.2. The van der Waals surface area contributed by atoms with E-state index in [0.717, 1.165) is 16.5 Å². The summed E-state index contributed by atoms with van der Waals surface area (Å²) in [5, 5.41) is 14.5. The van der Waals surface area contributed by atoms with E-state index >= 15 is 0 Å². The van der Waals surface area contributed by atoms with Crippen LogP contribution in [0.5, 0.6) is 0 Å². The first kappa shape index (κ1) is 14.1. The fraction of sp³-hybridized carbons (Fsp3) is 0.0625. The maximum Gasteiger partial charge on any atom is 0.279 e. The van der Waals surface area contributed by atoms with Crippen molar-refractivity contribution < 1.29 is 4.79 Å². The minimum Gasteiger partial charge on any atom is -0.288 e. The van der Waals surface area contributed by atoms with Crippen molar-refractivity contribution in [3.8, 4) is 0 Å². The van der Waals surface area contributed by atoms with Crippen molar-refractivity contribution in [3.63, 3.8) is 0 Å². The van der Waals surface area contributed by atoms with Crippen LogP contribution in [0.3, 0.4) is 0 Å². The predicted molar refractivity (Wildman–Crippen MR) is 87.4 cm³/mol. The Morgan fingerprint density at radius 2 is 2.12 bits per heavy atom. The Morgan fingerprint density at radius 1 is 1.21 bits per heavy atom. The summed E-state index contributed by atoms with van der Waals surface area (Å²) in [6.07, 6.45) is 5.03. The summed E-state index contributed by atoms with van der Waals surface area (Å²) in [6.45, 7) is 0.530. The lowest BCUT2D eigenvalue weighted by Crippen LogP contribution is -2.14. The minimum atomic E-state index is -0.355. The van der Waals surface area contributed by atoms with Crippen molar-refractivity contribution in [1.82, 2.24) is 29.9 Å². The van der Waals surface area contributed by atoms with Crippen molar-refractivity contribution in [2.75, 3.05) is 5.32 Å². The van der Waals surface area contributed by atoms with Gasteiger partial charge < -0.3 is 0 Å². The number of benzene rings is 1. The first-order valence-electron chi connectivity index (χ1n) is 7.32.